The number of aliphatic hydroxyl groups is 2. The van der Waals surface area contributed by atoms with Gasteiger partial charge in [0.2, 0.25) is 5.79 Å². The van der Waals surface area contributed by atoms with Gasteiger partial charge in [-0.3, -0.25) is 0 Å². The maximum atomic E-state index is 14.2. The van der Waals surface area contributed by atoms with E-state index in [4.69, 9.17) is 28.9 Å². The van der Waals surface area contributed by atoms with E-state index >= 15 is 0 Å². The van der Waals surface area contributed by atoms with Gasteiger partial charge in [0.25, 0.3) is 0 Å². The van der Waals surface area contributed by atoms with Gasteiger partial charge in [-0.15, -0.1) is 6.58 Å². The van der Waals surface area contributed by atoms with E-state index in [2.05, 4.69) is 24.9 Å². The average Bonchev–Trinajstić information content (AvgIpc) is 3.29. The SMILES string of the molecule is C=CCOC12Oc3ccc(OC(=O)NCC)cc3C3C(CCCCO)C(CCCCO)C=C(C(=NOCc4ccccc4)CC1N(C)C(=O)OCCCCCCCCCCCC)C32. The maximum Gasteiger partial charge on any atom is 0.412 e. The van der Waals surface area contributed by atoms with Crippen LogP contribution in [0.5, 0.6) is 11.5 Å². The number of benzene rings is 2. The van der Waals surface area contributed by atoms with Gasteiger partial charge in [-0.1, -0.05) is 125 Å². The summed E-state index contributed by atoms with van der Waals surface area (Å²) < 4.78 is 26.0. The molecule has 0 saturated heterocycles. The number of amides is 2. The Labute approximate surface area is 376 Å². The molecule has 6 unspecified atom stereocenters. The van der Waals surface area contributed by atoms with Crippen LogP contribution in [0.3, 0.4) is 0 Å². The number of ether oxygens (including phenoxy) is 4. The zero-order valence-electron chi connectivity index (χ0n) is 38.3. The molecule has 1 aliphatic heterocycles. The molecule has 12 heteroatoms. The molecule has 2 aliphatic carbocycles. The van der Waals surface area contributed by atoms with Crippen molar-refractivity contribution in [3.63, 3.8) is 0 Å². The molecule has 63 heavy (non-hydrogen) atoms. The van der Waals surface area contributed by atoms with Crippen molar-refractivity contribution < 1.29 is 43.6 Å². The first-order valence-corrected chi connectivity index (χ1v) is 23.9. The first-order valence-electron chi connectivity index (χ1n) is 23.9. The number of nitrogens with one attached hydrogen (secondary N) is 1. The van der Waals surface area contributed by atoms with Crippen LogP contribution in [-0.4, -0.2) is 84.9 Å². The first-order chi connectivity index (χ1) is 30.8. The number of carbonyl (C=O) groups excluding carboxylic acids is 2. The van der Waals surface area contributed by atoms with Gasteiger partial charge in [-0.05, 0) is 80.2 Å². The summed E-state index contributed by atoms with van der Waals surface area (Å²) >= 11 is 0. The molecule has 3 N–H and O–H groups in total. The molecule has 5 rings (SSSR count). The van der Waals surface area contributed by atoms with Crippen molar-refractivity contribution in [1.29, 1.82) is 0 Å². The Bertz CT molecular complexity index is 1770. The third-order valence-corrected chi connectivity index (χ3v) is 12.9. The van der Waals surface area contributed by atoms with Crippen molar-refractivity contribution in [2.24, 2.45) is 22.9 Å². The fraction of sp³-hybridized carbons (Fsp3) is 0.627. The molecule has 0 bridgehead atoms. The predicted octanol–water partition coefficient (Wildman–Crippen LogP) is 10.6. The molecule has 3 aliphatic rings. The van der Waals surface area contributed by atoms with Crippen LogP contribution in [0, 0.1) is 17.8 Å². The molecule has 2 aromatic rings. The summed E-state index contributed by atoms with van der Waals surface area (Å²) in [5.74, 6) is -1.12. The minimum absolute atomic E-state index is 0.0249. The Morgan fingerprint density at radius 3 is 2.30 bits per heavy atom. The molecule has 1 saturated carbocycles. The van der Waals surface area contributed by atoms with E-state index in [0.29, 0.717) is 43.2 Å². The van der Waals surface area contributed by atoms with Gasteiger partial charge in [-0.25, -0.2) is 9.59 Å². The second-order valence-corrected chi connectivity index (χ2v) is 17.4. The number of rotatable bonds is 28. The van der Waals surface area contributed by atoms with Crippen LogP contribution in [0.2, 0.25) is 0 Å². The highest BCUT2D eigenvalue weighted by Gasteiger charge is 2.65. The molecular weight excluding hydrogens is 799 g/mol. The molecule has 348 valence electrons. The van der Waals surface area contributed by atoms with Gasteiger partial charge in [0.15, 0.2) is 0 Å². The Hall–Kier alpha value is -4.39. The van der Waals surface area contributed by atoms with Crippen LogP contribution < -0.4 is 14.8 Å². The van der Waals surface area contributed by atoms with Crippen LogP contribution >= 0.6 is 0 Å². The van der Waals surface area contributed by atoms with E-state index < -0.39 is 29.9 Å². The molecule has 2 aromatic carbocycles. The van der Waals surface area contributed by atoms with Gasteiger partial charge in [-0.2, -0.15) is 0 Å². The Morgan fingerprint density at radius 2 is 1.62 bits per heavy atom. The van der Waals surface area contributed by atoms with Crippen molar-refractivity contribution in [2.75, 3.05) is 40.0 Å². The maximum absolute atomic E-state index is 14.2. The summed E-state index contributed by atoms with van der Waals surface area (Å²) in [6.45, 7) is 9.40. The topological polar surface area (TPSA) is 148 Å². The third kappa shape index (κ3) is 13.6. The fourth-order valence-electron chi connectivity index (χ4n) is 9.82. The summed E-state index contributed by atoms with van der Waals surface area (Å²) in [4.78, 5) is 34.7. The second kappa shape index (κ2) is 26.4. The van der Waals surface area contributed by atoms with Gasteiger partial charge < -0.3 is 44.2 Å². The van der Waals surface area contributed by atoms with Crippen molar-refractivity contribution in [1.82, 2.24) is 10.2 Å². The summed E-state index contributed by atoms with van der Waals surface area (Å²) in [6, 6.07) is 14.6. The Balaban J connectivity index is 1.55. The predicted molar refractivity (Wildman–Crippen MR) is 247 cm³/mol. The lowest BCUT2D eigenvalue weighted by atomic mass is 9.55. The number of oxime groups is 1. The second-order valence-electron chi connectivity index (χ2n) is 17.4. The van der Waals surface area contributed by atoms with E-state index in [9.17, 15) is 19.8 Å². The number of unbranched alkanes of at least 4 members (excludes halogenated alkanes) is 11. The third-order valence-electron chi connectivity index (χ3n) is 12.9. The Morgan fingerprint density at radius 1 is 0.921 bits per heavy atom. The van der Waals surface area contributed by atoms with Gasteiger partial charge in [0.1, 0.15) is 24.1 Å². The normalized spacial score (nSPS) is 22.8. The van der Waals surface area contributed by atoms with E-state index in [1.165, 1.54) is 44.9 Å². The first kappa shape index (κ1) is 49.6. The minimum atomic E-state index is -1.41. The lowest BCUT2D eigenvalue weighted by Crippen LogP contribution is -2.69. The van der Waals surface area contributed by atoms with Gasteiger partial charge >= 0.3 is 12.2 Å². The van der Waals surface area contributed by atoms with E-state index in [1.54, 1.807) is 24.1 Å². The van der Waals surface area contributed by atoms with E-state index in [0.717, 1.165) is 61.6 Å². The zero-order valence-corrected chi connectivity index (χ0v) is 38.3. The summed E-state index contributed by atoms with van der Waals surface area (Å²) in [6.07, 6.45) is 19.6. The van der Waals surface area contributed by atoms with Gasteiger partial charge in [0, 0.05) is 44.7 Å². The highest BCUT2D eigenvalue weighted by atomic mass is 16.7. The Kier molecular flexibility index (Phi) is 20.8. The molecule has 0 radical (unpaired) electrons. The van der Waals surface area contributed by atoms with E-state index in [1.807, 2.05) is 49.4 Å². The van der Waals surface area contributed by atoms with Crippen molar-refractivity contribution in [2.45, 2.75) is 147 Å². The zero-order chi connectivity index (χ0) is 44.9. The van der Waals surface area contributed by atoms with Crippen LogP contribution in [0.4, 0.5) is 9.59 Å². The van der Waals surface area contributed by atoms with Gasteiger partial charge in [0.05, 0.1) is 24.8 Å². The number of allylic oxidation sites excluding steroid dienone is 1. The standard InChI is InChI=1S/C51H75N3O9/c1-5-8-9-10-11-12-13-14-15-23-33-59-50(58)54(4)46-36-44(53-61-37-38-24-17-16-18-25-38)42-34-39(26-19-21-30-55)41(27-20-22-31-56)47-43-35-40(62-49(57)52-7-3)28-29-45(43)63-51(46,48(42)47)60-32-6-2/h6,16-18,24-25,28-29,34-35,39,41,46-48,55-56H,2,5,7-15,19-23,26-27,30-33,36-37H2,1,3-4H3,(H,52,57). The number of hydrogen-bond acceptors (Lipinski definition) is 10. The quantitative estimate of drug-likeness (QED) is 0.0432. The average molecular weight is 874 g/mol. The van der Waals surface area contributed by atoms with Crippen LogP contribution in [-0.2, 0) is 20.9 Å². The molecule has 6 atom stereocenters. The highest BCUT2D eigenvalue weighted by molar-refractivity contribution is 6.03. The number of fused-ring (bicyclic) bond motifs is 2. The smallest absolute Gasteiger partial charge is 0.412 e. The lowest BCUT2D eigenvalue weighted by molar-refractivity contribution is -0.253. The summed E-state index contributed by atoms with van der Waals surface area (Å²) in [5.41, 5.74) is 3.46. The number of hydrogen-bond donors (Lipinski definition) is 3. The number of likely N-dealkylation sites (N-methyl/N-ethyl adjacent to an activating group) is 1. The van der Waals surface area contributed by atoms with Crippen LogP contribution in [0.15, 0.2) is 78.0 Å². The van der Waals surface area contributed by atoms with Crippen LogP contribution in [0.25, 0.3) is 0 Å². The monoisotopic (exact) mass is 874 g/mol. The fourth-order valence-corrected chi connectivity index (χ4v) is 9.82. The molecule has 1 heterocycles. The summed E-state index contributed by atoms with van der Waals surface area (Å²) in [5, 5.41) is 27.4. The minimum Gasteiger partial charge on any atom is -0.459 e. The molecule has 0 spiro atoms. The molecule has 1 fully saturated rings. The molecule has 2 amide bonds. The molecule has 12 nitrogen and oxygen atoms in total. The largest absolute Gasteiger partial charge is 0.459 e. The number of nitrogens with zero attached hydrogens (tertiary/aromatic N) is 2. The van der Waals surface area contributed by atoms with E-state index in [-0.39, 0.29) is 50.6 Å². The highest BCUT2D eigenvalue weighted by Crippen LogP contribution is 2.61. The van der Waals surface area contributed by atoms with Crippen molar-refractivity contribution >= 4 is 17.9 Å². The molecular formula is C51H75N3O9. The lowest BCUT2D eigenvalue weighted by Gasteiger charge is -2.59. The van der Waals surface area contributed by atoms with Crippen molar-refractivity contribution in [3.8, 4) is 11.5 Å². The summed E-state index contributed by atoms with van der Waals surface area (Å²) in [7, 11) is 1.75. The number of aliphatic hydroxyl groups excluding tert-OH is 2. The number of carbonyl (C=O) groups is 2. The van der Waals surface area contributed by atoms with Crippen molar-refractivity contribution in [3.05, 3.63) is 84.0 Å². The molecule has 0 aromatic heterocycles. The van der Waals surface area contributed by atoms with Crippen LogP contribution in [0.1, 0.15) is 140 Å².